The van der Waals surface area contributed by atoms with E-state index < -0.39 is 23.6 Å². The van der Waals surface area contributed by atoms with Crippen LogP contribution in [-0.4, -0.2) is 32.0 Å². The first-order chi connectivity index (χ1) is 12.7. The lowest BCUT2D eigenvalue weighted by molar-refractivity contribution is -0.281. The van der Waals surface area contributed by atoms with Gasteiger partial charge in [0.25, 0.3) is 0 Å². The van der Waals surface area contributed by atoms with Crippen LogP contribution in [0.5, 0.6) is 11.5 Å². The highest BCUT2D eigenvalue weighted by atomic mass is 32.2. The van der Waals surface area contributed by atoms with Gasteiger partial charge in [-0.1, -0.05) is 6.07 Å². The molecule has 0 spiro atoms. The topological polar surface area (TPSA) is 83.1 Å². The molecule has 0 aliphatic carbocycles. The Morgan fingerprint density at radius 2 is 2.04 bits per heavy atom. The quantitative estimate of drug-likeness (QED) is 0.684. The maximum Gasteiger partial charge on any atom is 0.468 e. The SMILES string of the molecule is Cc1cnc(C[S+]([O-])c2nc3cc4c(cc3[nH]2)OC(F)C(F)(F)O4)c(C)c1. The maximum atomic E-state index is 13.3. The molecule has 142 valence electrons. The molecule has 6 nitrogen and oxygen atoms in total. The summed E-state index contributed by atoms with van der Waals surface area (Å²) in [5.41, 5.74) is 3.20. The van der Waals surface area contributed by atoms with E-state index in [9.17, 15) is 17.7 Å². The number of nitrogens with zero attached hydrogens (tertiary/aromatic N) is 2. The highest BCUT2D eigenvalue weighted by Crippen LogP contribution is 2.42. The zero-order valence-electron chi connectivity index (χ0n) is 14.3. The second-order valence-electron chi connectivity index (χ2n) is 6.22. The van der Waals surface area contributed by atoms with Crippen molar-refractivity contribution in [1.29, 1.82) is 0 Å². The van der Waals surface area contributed by atoms with Crippen LogP contribution < -0.4 is 9.47 Å². The van der Waals surface area contributed by atoms with E-state index in [2.05, 4.69) is 24.4 Å². The fourth-order valence-electron chi connectivity index (χ4n) is 2.73. The van der Waals surface area contributed by atoms with Crippen LogP contribution in [0, 0.1) is 13.8 Å². The minimum absolute atomic E-state index is 0.142. The summed E-state index contributed by atoms with van der Waals surface area (Å²) in [6, 6.07) is 4.42. The van der Waals surface area contributed by atoms with Gasteiger partial charge in [0.05, 0.1) is 16.7 Å². The van der Waals surface area contributed by atoms with Crippen LogP contribution >= 0.6 is 0 Å². The van der Waals surface area contributed by atoms with Crippen molar-refractivity contribution in [2.75, 3.05) is 0 Å². The van der Waals surface area contributed by atoms with Gasteiger partial charge < -0.3 is 14.0 Å². The number of ether oxygens (including phenoxy) is 2. The van der Waals surface area contributed by atoms with Crippen molar-refractivity contribution in [2.45, 2.75) is 37.2 Å². The number of rotatable bonds is 3. The third kappa shape index (κ3) is 3.30. The number of alkyl halides is 3. The summed E-state index contributed by atoms with van der Waals surface area (Å²) in [5.74, 6) is -0.372. The van der Waals surface area contributed by atoms with E-state index in [1.807, 2.05) is 19.9 Å². The van der Waals surface area contributed by atoms with Gasteiger partial charge in [-0.25, -0.2) is 0 Å². The Labute approximate surface area is 154 Å². The lowest BCUT2D eigenvalue weighted by atomic mass is 10.2. The van der Waals surface area contributed by atoms with Gasteiger partial charge in [0.2, 0.25) is 0 Å². The number of halogens is 3. The van der Waals surface area contributed by atoms with Gasteiger partial charge in [0.15, 0.2) is 17.3 Å². The Bertz CT molecular complexity index is 1030. The summed E-state index contributed by atoms with van der Waals surface area (Å²) < 4.78 is 61.5. The third-order valence-corrected chi connectivity index (χ3v) is 5.23. The average Bonchev–Trinajstić information content (AvgIpc) is 2.99. The first-order valence-electron chi connectivity index (χ1n) is 7.95. The van der Waals surface area contributed by atoms with Gasteiger partial charge in [-0.3, -0.25) is 9.97 Å². The number of benzene rings is 1. The predicted molar refractivity (Wildman–Crippen MR) is 91.0 cm³/mol. The molecule has 3 aromatic rings. The van der Waals surface area contributed by atoms with Crippen LogP contribution in [0.4, 0.5) is 13.2 Å². The molecule has 0 fully saturated rings. The smallest absolute Gasteiger partial charge is 0.468 e. The van der Waals surface area contributed by atoms with Crippen molar-refractivity contribution in [3.8, 4) is 11.5 Å². The molecule has 3 heterocycles. The summed E-state index contributed by atoms with van der Waals surface area (Å²) in [4.78, 5) is 11.3. The number of nitrogens with one attached hydrogen (secondary N) is 1. The van der Waals surface area contributed by atoms with E-state index in [1.165, 1.54) is 12.1 Å². The van der Waals surface area contributed by atoms with E-state index in [4.69, 9.17) is 0 Å². The van der Waals surface area contributed by atoms with Crippen LogP contribution in [0.1, 0.15) is 16.8 Å². The number of hydrogen-bond acceptors (Lipinski definition) is 5. The summed E-state index contributed by atoms with van der Waals surface area (Å²) >= 11 is -1.54. The first kappa shape index (κ1) is 17.9. The molecule has 2 atom stereocenters. The fourth-order valence-corrected chi connectivity index (χ4v) is 3.85. The largest absolute Gasteiger partial charge is 0.609 e. The Morgan fingerprint density at radius 3 is 2.78 bits per heavy atom. The number of imidazole rings is 1. The van der Waals surface area contributed by atoms with E-state index >= 15 is 0 Å². The number of pyridine rings is 1. The predicted octanol–water partition coefficient (Wildman–Crippen LogP) is 3.54. The number of aromatic nitrogens is 3. The summed E-state index contributed by atoms with van der Waals surface area (Å²) in [6.07, 6.45) is -5.30. The summed E-state index contributed by atoms with van der Waals surface area (Å²) in [7, 11) is 0. The monoisotopic (exact) mass is 397 g/mol. The average molecular weight is 397 g/mol. The van der Waals surface area contributed by atoms with E-state index in [0.717, 1.165) is 11.1 Å². The second kappa shape index (κ2) is 6.31. The molecule has 10 heteroatoms. The Morgan fingerprint density at radius 1 is 1.26 bits per heavy atom. The highest BCUT2D eigenvalue weighted by Gasteiger charge is 2.49. The fraction of sp³-hybridized carbons (Fsp3) is 0.294. The molecule has 1 aliphatic rings. The molecular formula is C17H14F3N3O3S. The number of fused-ring (bicyclic) bond motifs is 2. The van der Waals surface area contributed by atoms with Crippen molar-refractivity contribution in [3.05, 3.63) is 41.2 Å². The number of aromatic amines is 1. The molecule has 0 radical (unpaired) electrons. The van der Waals surface area contributed by atoms with Crippen LogP contribution in [0.3, 0.4) is 0 Å². The van der Waals surface area contributed by atoms with Crippen LogP contribution in [0.15, 0.2) is 29.6 Å². The molecule has 0 saturated heterocycles. The first-order valence-corrected chi connectivity index (χ1v) is 9.26. The molecule has 0 bridgehead atoms. The molecule has 0 amide bonds. The normalized spacial score (nSPS) is 19.3. The summed E-state index contributed by atoms with van der Waals surface area (Å²) in [6.45, 7) is 3.79. The Balaban J connectivity index is 1.63. The minimum atomic E-state index is -4.09. The molecule has 1 aliphatic heterocycles. The Hall–Kier alpha value is -2.46. The molecule has 4 rings (SSSR count). The molecule has 2 unspecified atom stereocenters. The van der Waals surface area contributed by atoms with Gasteiger partial charge in [0.1, 0.15) is 0 Å². The molecule has 0 saturated carbocycles. The van der Waals surface area contributed by atoms with Gasteiger partial charge >= 0.3 is 17.6 Å². The van der Waals surface area contributed by atoms with Crippen LogP contribution in [0.25, 0.3) is 11.0 Å². The second-order valence-corrected chi connectivity index (χ2v) is 7.59. The van der Waals surface area contributed by atoms with Gasteiger partial charge in [0, 0.05) is 29.5 Å². The van der Waals surface area contributed by atoms with Crippen molar-refractivity contribution >= 4 is 22.2 Å². The van der Waals surface area contributed by atoms with E-state index in [-0.39, 0.29) is 27.9 Å². The zero-order valence-corrected chi connectivity index (χ0v) is 15.1. The maximum absolute atomic E-state index is 13.3. The number of aryl methyl sites for hydroxylation is 2. The number of hydrogen-bond donors (Lipinski definition) is 1. The molecule has 1 N–H and O–H groups in total. The lowest BCUT2D eigenvalue weighted by Crippen LogP contribution is -2.43. The lowest BCUT2D eigenvalue weighted by Gasteiger charge is -2.28. The van der Waals surface area contributed by atoms with Crippen molar-refractivity contribution in [2.24, 2.45) is 0 Å². The van der Waals surface area contributed by atoms with Crippen LogP contribution in [-0.2, 0) is 16.9 Å². The van der Waals surface area contributed by atoms with Gasteiger partial charge in [-0.15, -0.1) is 0 Å². The molecule has 2 aromatic heterocycles. The molecule has 1 aromatic carbocycles. The standard InChI is InChI=1S/C17H14F3N3O3S/c1-8-3-9(2)12(21-6-8)7-27(24)16-22-10-4-13-14(5-11(10)23-16)26-17(19,20)15(18)25-13/h3-6,15H,7H2,1-2H3,(H,22,23). The molecular weight excluding hydrogens is 383 g/mol. The van der Waals surface area contributed by atoms with Crippen molar-refractivity contribution in [3.63, 3.8) is 0 Å². The van der Waals surface area contributed by atoms with E-state index in [1.54, 1.807) is 6.20 Å². The third-order valence-electron chi connectivity index (χ3n) is 4.07. The number of H-pyrrole nitrogens is 1. The van der Waals surface area contributed by atoms with Crippen molar-refractivity contribution in [1.82, 2.24) is 15.0 Å². The van der Waals surface area contributed by atoms with Crippen molar-refractivity contribution < 1.29 is 27.2 Å². The van der Waals surface area contributed by atoms with Gasteiger partial charge in [-0.05, 0) is 25.0 Å². The van der Waals surface area contributed by atoms with Crippen LogP contribution in [0.2, 0.25) is 0 Å². The zero-order chi connectivity index (χ0) is 19.3. The van der Waals surface area contributed by atoms with E-state index in [0.29, 0.717) is 11.2 Å². The van der Waals surface area contributed by atoms with Gasteiger partial charge in [-0.2, -0.15) is 18.2 Å². The highest BCUT2D eigenvalue weighted by molar-refractivity contribution is 7.90. The summed E-state index contributed by atoms with van der Waals surface area (Å²) in [5, 5.41) is 0.151. The minimum Gasteiger partial charge on any atom is -0.609 e. The Kier molecular flexibility index (Phi) is 4.19. The molecule has 27 heavy (non-hydrogen) atoms.